The van der Waals surface area contributed by atoms with Crippen LogP contribution in [0.4, 0.5) is 0 Å². The molecule has 0 radical (unpaired) electrons. The van der Waals surface area contributed by atoms with Gasteiger partial charge in [-0.1, -0.05) is 48.5 Å². The molecule has 3 aromatic rings. The molecule has 3 rings (SSSR count). The van der Waals surface area contributed by atoms with Gasteiger partial charge >= 0.3 is 0 Å². The van der Waals surface area contributed by atoms with Crippen molar-refractivity contribution in [1.82, 2.24) is 4.98 Å². The summed E-state index contributed by atoms with van der Waals surface area (Å²) in [5, 5.41) is 2.06. The van der Waals surface area contributed by atoms with Gasteiger partial charge in [-0.25, -0.2) is 0 Å². The average molecular weight is 259 g/mol. The fourth-order valence-corrected chi connectivity index (χ4v) is 2.07. The van der Waals surface area contributed by atoms with Gasteiger partial charge < -0.3 is 0 Å². The normalized spacial score (nSPS) is 11.0. The number of ketones is 1. The predicted molar refractivity (Wildman–Crippen MR) is 81.5 cm³/mol. The molecule has 1 aromatic heterocycles. The van der Waals surface area contributed by atoms with Crippen molar-refractivity contribution in [2.75, 3.05) is 0 Å². The average Bonchev–Trinajstić information content (AvgIpc) is 2.53. The summed E-state index contributed by atoms with van der Waals surface area (Å²) in [6.45, 7) is 0. The van der Waals surface area contributed by atoms with Crippen LogP contribution in [0.2, 0.25) is 0 Å². The Labute approximate surface area is 117 Å². The molecule has 0 aliphatic rings. The van der Waals surface area contributed by atoms with Crippen LogP contribution in [0, 0.1) is 0 Å². The van der Waals surface area contributed by atoms with Crippen molar-refractivity contribution in [3.05, 3.63) is 84.2 Å². The maximum Gasteiger partial charge on any atom is 0.185 e. The number of fused-ring (bicyclic) bond motifs is 1. The van der Waals surface area contributed by atoms with Crippen molar-refractivity contribution in [3.8, 4) is 0 Å². The first kappa shape index (κ1) is 12.3. The van der Waals surface area contributed by atoms with Crippen LogP contribution in [-0.2, 0) is 0 Å². The second-order valence-electron chi connectivity index (χ2n) is 4.55. The number of nitrogens with zero attached hydrogens (tertiary/aromatic N) is 1. The number of hydrogen-bond donors (Lipinski definition) is 0. The minimum Gasteiger partial charge on any atom is -0.289 e. The van der Waals surface area contributed by atoms with Gasteiger partial charge in [0.05, 0.1) is 0 Å². The highest BCUT2D eigenvalue weighted by Gasteiger charge is 2.02. The van der Waals surface area contributed by atoms with Gasteiger partial charge in [0.2, 0.25) is 0 Å². The van der Waals surface area contributed by atoms with Crippen LogP contribution in [0.3, 0.4) is 0 Å². The first-order valence-corrected chi connectivity index (χ1v) is 6.44. The highest BCUT2D eigenvalue weighted by atomic mass is 16.1. The van der Waals surface area contributed by atoms with Crippen molar-refractivity contribution < 1.29 is 4.79 Å². The Bertz CT molecular complexity index is 776. The maximum absolute atomic E-state index is 12.2. The Balaban J connectivity index is 1.87. The first-order chi connectivity index (χ1) is 9.83. The van der Waals surface area contributed by atoms with E-state index in [0.717, 1.165) is 16.3 Å². The Morgan fingerprint density at radius 3 is 2.65 bits per heavy atom. The molecule has 0 fully saturated rings. The van der Waals surface area contributed by atoms with E-state index in [0.29, 0.717) is 5.56 Å². The minimum atomic E-state index is 0.00700. The van der Waals surface area contributed by atoms with Crippen molar-refractivity contribution in [2.24, 2.45) is 0 Å². The van der Waals surface area contributed by atoms with Crippen molar-refractivity contribution in [3.63, 3.8) is 0 Å². The molecule has 2 aromatic carbocycles. The van der Waals surface area contributed by atoms with E-state index in [4.69, 9.17) is 0 Å². The summed E-state index contributed by atoms with van der Waals surface area (Å²) in [6, 6.07) is 17.4. The van der Waals surface area contributed by atoms with E-state index in [1.165, 1.54) is 0 Å². The second-order valence-corrected chi connectivity index (χ2v) is 4.55. The molecule has 2 nitrogen and oxygen atoms in total. The number of pyridine rings is 1. The fraction of sp³-hybridized carbons (Fsp3) is 0. The fourth-order valence-electron chi connectivity index (χ4n) is 2.07. The second kappa shape index (κ2) is 5.49. The lowest BCUT2D eigenvalue weighted by molar-refractivity contribution is 0.104. The van der Waals surface area contributed by atoms with Crippen LogP contribution in [0.15, 0.2) is 73.1 Å². The van der Waals surface area contributed by atoms with Crippen LogP contribution >= 0.6 is 0 Å². The highest BCUT2D eigenvalue weighted by molar-refractivity contribution is 6.08. The quantitative estimate of drug-likeness (QED) is 0.523. The number of carbonyl (C=O) groups is 1. The zero-order chi connectivity index (χ0) is 13.8. The van der Waals surface area contributed by atoms with Crippen LogP contribution in [0.5, 0.6) is 0 Å². The van der Waals surface area contributed by atoms with Gasteiger partial charge in [-0.05, 0) is 29.2 Å². The zero-order valence-corrected chi connectivity index (χ0v) is 10.9. The van der Waals surface area contributed by atoms with E-state index in [2.05, 4.69) is 4.98 Å². The third kappa shape index (κ3) is 2.64. The van der Waals surface area contributed by atoms with Gasteiger partial charge in [-0.15, -0.1) is 0 Å². The van der Waals surface area contributed by atoms with E-state index in [-0.39, 0.29) is 5.78 Å². The monoisotopic (exact) mass is 259 g/mol. The Morgan fingerprint density at radius 2 is 1.80 bits per heavy atom. The molecule has 0 amide bonds. The lowest BCUT2D eigenvalue weighted by Crippen LogP contribution is -1.93. The molecule has 0 saturated heterocycles. The van der Waals surface area contributed by atoms with E-state index >= 15 is 0 Å². The van der Waals surface area contributed by atoms with E-state index in [1.807, 2.05) is 60.7 Å². The standard InChI is InChI=1S/C18H13NO/c20-18(9-6-14-4-2-1-3-5-14)16-7-8-17-13-19-11-10-15(17)12-16/h1-13H. The molecule has 96 valence electrons. The third-order valence-corrected chi connectivity index (χ3v) is 3.15. The SMILES string of the molecule is O=C(C=Cc1ccccc1)c1ccc2cnccc2c1. The smallest absolute Gasteiger partial charge is 0.185 e. The van der Waals surface area contributed by atoms with E-state index < -0.39 is 0 Å². The number of carbonyl (C=O) groups excluding carboxylic acids is 1. The molecule has 0 atom stereocenters. The molecule has 0 bridgehead atoms. The van der Waals surface area contributed by atoms with Crippen LogP contribution in [-0.4, -0.2) is 10.8 Å². The number of hydrogen-bond acceptors (Lipinski definition) is 2. The molecule has 0 saturated carbocycles. The summed E-state index contributed by atoms with van der Waals surface area (Å²) >= 11 is 0. The van der Waals surface area contributed by atoms with Gasteiger partial charge in [-0.2, -0.15) is 0 Å². The van der Waals surface area contributed by atoms with Crippen molar-refractivity contribution >= 4 is 22.6 Å². The number of rotatable bonds is 3. The Kier molecular flexibility index (Phi) is 3.38. The van der Waals surface area contributed by atoms with Crippen molar-refractivity contribution in [1.29, 1.82) is 0 Å². The molecule has 0 spiro atoms. The number of benzene rings is 2. The minimum absolute atomic E-state index is 0.00700. The summed E-state index contributed by atoms with van der Waals surface area (Å²) in [5.41, 5.74) is 1.71. The molecular weight excluding hydrogens is 246 g/mol. The molecule has 20 heavy (non-hydrogen) atoms. The molecule has 0 N–H and O–H groups in total. The Morgan fingerprint density at radius 1 is 0.950 bits per heavy atom. The summed E-state index contributed by atoms with van der Waals surface area (Å²) < 4.78 is 0. The molecule has 0 aliphatic carbocycles. The van der Waals surface area contributed by atoms with E-state index in [1.54, 1.807) is 18.5 Å². The highest BCUT2D eigenvalue weighted by Crippen LogP contribution is 2.15. The van der Waals surface area contributed by atoms with Gasteiger partial charge in [0, 0.05) is 23.3 Å². The van der Waals surface area contributed by atoms with Crippen LogP contribution in [0.25, 0.3) is 16.8 Å². The van der Waals surface area contributed by atoms with Crippen molar-refractivity contribution in [2.45, 2.75) is 0 Å². The zero-order valence-electron chi connectivity index (χ0n) is 10.9. The van der Waals surface area contributed by atoms with Gasteiger partial charge in [0.1, 0.15) is 0 Å². The van der Waals surface area contributed by atoms with Gasteiger partial charge in [0.25, 0.3) is 0 Å². The van der Waals surface area contributed by atoms with Crippen LogP contribution < -0.4 is 0 Å². The molecule has 2 heteroatoms. The predicted octanol–water partition coefficient (Wildman–Crippen LogP) is 4.13. The maximum atomic E-state index is 12.2. The van der Waals surface area contributed by atoms with Crippen LogP contribution in [0.1, 0.15) is 15.9 Å². The van der Waals surface area contributed by atoms with Gasteiger partial charge in [0.15, 0.2) is 5.78 Å². The number of aromatic nitrogens is 1. The van der Waals surface area contributed by atoms with Gasteiger partial charge in [-0.3, -0.25) is 9.78 Å². The number of allylic oxidation sites excluding steroid dienone is 1. The topological polar surface area (TPSA) is 30.0 Å². The lowest BCUT2D eigenvalue weighted by atomic mass is 10.1. The summed E-state index contributed by atoms with van der Waals surface area (Å²) in [4.78, 5) is 16.2. The Hall–Kier alpha value is -2.74. The first-order valence-electron chi connectivity index (χ1n) is 6.44. The van der Waals surface area contributed by atoms with E-state index in [9.17, 15) is 4.79 Å². The molecular formula is C18H13NO. The summed E-state index contributed by atoms with van der Waals surface area (Å²) in [7, 11) is 0. The molecule has 1 heterocycles. The largest absolute Gasteiger partial charge is 0.289 e. The lowest BCUT2D eigenvalue weighted by Gasteiger charge is -2.00. The third-order valence-electron chi connectivity index (χ3n) is 3.15. The summed E-state index contributed by atoms with van der Waals surface area (Å²) in [6.07, 6.45) is 6.97. The molecule has 0 aliphatic heterocycles. The molecule has 0 unspecified atom stereocenters. The summed E-state index contributed by atoms with van der Waals surface area (Å²) in [5.74, 6) is 0.00700.